The van der Waals surface area contributed by atoms with Crippen molar-refractivity contribution in [1.82, 2.24) is 25.1 Å². The molecule has 0 fully saturated rings. The van der Waals surface area contributed by atoms with E-state index < -0.39 is 9.84 Å². The van der Waals surface area contributed by atoms with Gasteiger partial charge in [0.15, 0.2) is 0 Å². The third-order valence-electron chi connectivity index (χ3n) is 6.10. The number of nitrogens with one attached hydrogen (secondary N) is 2. The molecule has 0 amide bonds. The number of fused-ring (bicyclic) bond motifs is 2. The molecule has 0 spiro atoms. The molecule has 5 aromatic rings. The van der Waals surface area contributed by atoms with Crippen LogP contribution in [-0.4, -0.2) is 59.9 Å². The normalized spacial score (nSPS) is 11.7. The summed E-state index contributed by atoms with van der Waals surface area (Å²) in [6, 6.07) is 22.2. The number of aromatic nitrogens is 4. The van der Waals surface area contributed by atoms with Crippen molar-refractivity contribution >= 4 is 43.1 Å². The second-order valence-electron chi connectivity index (χ2n) is 9.17. The minimum atomic E-state index is -2.94. The van der Waals surface area contributed by atoms with E-state index in [9.17, 15) is 8.42 Å². The summed E-state index contributed by atoms with van der Waals surface area (Å²) >= 11 is 0. The Labute approximate surface area is 221 Å². The maximum atomic E-state index is 11.2. The van der Waals surface area contributed by atoms with Gasteiger partial charge in [-0.05, 0) is 54.9 Å². The summed E-state index contributed by atoms with van der Waals surface area (Å²) < 4.78 is 30.3. The maximum absolute atomic E-state index is 11.2. The van der Waals surface area contributed by atoms with Crippen molar-refractivity contribution < 1.29 is 13.2 Å². The van der Waals surface area contributed by atoms with E-state index in [1.54, 1.807) is 6.33 Å². The predicted octanol–water partition coefficient (Wildman–Crippen LogP) is 4.17. The number of anilines is 2. The fourth-order valence-electron chi connectivity index (χ4n) is 4.18. The van der Waals surface area contributed by atoms with Crippen molar-refractivity contribution in [3.8, 4) is 5.75 Å². The lowest BCUT2D eigenvalue weighted by Gasteiger charge is -2.11. The van der Waals surface area contributed by atoms with Crippen molar-refractivity contribution in [1.29, 1.82) is 0 Å². The van der Waals surface area contributed by atoms with Gasteiger partial charge in [-0.25, -0.2) is 18.4 Å². The molecule has 2 heterocycles. The van der Waals surface area contributed by atoms with Crippen LogP contribution in [0.5, 0.6) is 5.75 Å². The second kappa shape index (κ2) is 11.6. The largest absolute Gasteiger partial charge is 0.494 e. The van der Waals surface area contributed by atoms with E-state index in [1.807, 2.05) is 53.3 Å². The molecule has 0 unspecified atom stereocenters. The average Bonchev–Trinajstić information content (AvgIpc) is 3.30. The predicted molar refractivity (Wildman–Crippen MR) is 151 cm³/mol. The van der Waals surface area contributed by atoms with Crippen LogP contribution >= 0.6 is 0 Å². The van der Waals surface area contributed by atoms with E-state index in [-0.39, 0.29) is 5.75 Å². The molecule has 196 valence electrons. The van der Waals surface area contributed by atoms with Crippen LogP contribution in [-0.2, 0) is 16.4 Å². The van der Waals surface area contributed by atoms with Gasteiger partial charge in [-0.2, -0.15) is 5.10 Å². The van der Waals surface area contributed by atoms with Gasteiger partial charge in [0, 0.05) is 29.3 Å². The zero-order valence-corrected chi connectivity index (χ0v) is 22.0. The molecular weight excluding hydrogens is 500 g/mol. The number of hydrogen-bond donors (Lipinski definition) is 2. The van der Waals surface area contributed by atoms with E-state index in [0.29, 0.717) is 32.1 Å². The Bertz CT molecular complexity index is 1640. The number of benzene rings is 3. The van der Waals surface area contributed by atoms with Crippen molar-refractivity contribution in [2.24, 2.45) is 0 Å². The summed E-state index contributed by atoms with van der Waals surface area (Å²) in [5, 5.41) is 13.0. The summed E-state index contributed by atoms with van der Waals surface area (Å²) in [5.74, 6) is 1.56. The summed E-state index contributed by atoms with van der Waals surface area (Å²) in [5.41, 5.74) is 3.99. The Morgan fingerprint density at radius 2 is 1.84 bits per heavy atom. The highest BCUT2D eigenvalue weighted by Crippen LogP contribution is 2.28. The van der Waals surface area contributed by atoms with Crippen LogP contribution in [0.2, 0.25) is 0 Å². The highest BCUT2D eigenvalue weighted by molar-refractivity contribution is 7.90. The molecule has 3 aromatic carbocycles. The van der Waals surface area contributed by atoms with Gasteiger partial charge in [0.05, 0.1) is 36.1 Å². The van der Waals surface area contributed by atoms with Gasteiger partial charge < -0.3 is 15.4 Å². The Hall–Kier alpha value is -4.02. The molecule has 5 rings (SSSR count). The first-order chi connectivity index (χ1) is 18.4. The van der Waals surface area contributed by atoms with E-state index >= 15 is 0 Å². The molecule has 38 heavy (non-hydrogen) atoms. The van der Waals surface area contributed by atoms with Crippen LogP contribution in [0.25, 0.3) is 21.8 Å². The number of sulfone groups is 1. The second-order valence-corrected chi connectivity index (χ2v) is 11.4. The van der Waals surface area contributed by atoms with Gasteiger partial charge in [-0.3, -0.25) is 4.68 Å². The molecule has 0 bridgehead atoms. The van der Waals surface area contributed by atoms with E-state index in [1.165, 1.54) is 11.8 Å². The van der Waals surface area contributed by atoms with E-state index in [0.717, 1.165) is 39.7 Å². The molecular formula is C28H30N6O3S. The lowest BCUT2D eigenvalue weighted by atomic mass is 10.2. The Kier molecular flexibility index (Phi) is 7.81. The molecule has 2 N–H and O–H groups in total. The fourth-order valence-corrected chi connectivity index (χ4v) is 4.69. The summed E-state index contributed by atoms with van der Waals surface area (Å²) in [6.07, 6.45) is 5.42. The van der Waals surface area contributed by atoms with Crippen LogP contribution in [0, 0.1) is 0 Å². The van der Waals surface area contributed by atoms with Gasteiger partial charge in [0.2, 0.25) is 0 Å². The standard InChI is InChI=1S/C28H30N6O3S/c1-38(35,36)15-13-29-12-5-14-37-24-9-10-26-25(17-24)28(31-20-30-26)33-23-8-11-27-22(16-23)18-32-34(27)19-21-6-3-2-4-7-21/h2-4,6-11,16-18,20,29H,5,12-15,19H2,1H3,(H,30,31,33). The third-order valence-corrected chi connectivity index (χ3v) is 7.05. The topological polar surface area (TPSA) is 111 Å². The average molecular weight is 531 g/mol. The fraction of sp³-hybridized carbons (Fsp3) is 0.250. The molecule has 9 nitrogen and oxygen atoms in total. The quantitative estimate of drug-likeness (QED) is 0.231. The van der Waals surface area contributed by atoms with Crippen LogP contribution < -0.4 is 15.4 Å². The summed E-state index contributed by atoms with van der Waals surface area (Å²) in [6.45, 7) is 2.36. The molecule has 10 heteroatoms. The number of rotatable bonds is 12. The Balaban J connectivity index is 1.24. The number of hydrogen-bond acceptors (Lipinski definition) is 8. The van der Waals surface area contributed by atoms with Crippen molar-refractivity contribution in [2.75, 3.05) is 37.0 Å². The van der Waals surface area contributed by atoms with Gasteiger partial charge in [0.1, 0.15) is 27.7 Å². The monoisotopic (exact) mass is 530 g/mol. The van der Waals surface area contributed by atoms with Crippen molar-refractivity contribution in [3.63, 3.8) is 0 Å². The van der Waals surface area contributed by atoms with Gasteiger partial charge in [-0.1, -0.05) is 30.3 Å². The van der Waals surface area contributed by atoms with Gasteiger partial charge >= 0.3 is 0 Å². The highest BCUT2D eigenvalue weighted by Gasteiger charge is 2.09. The lowest BCUT2D eigenvalue weighted by Crippen LogP contribution is -2.24. The number of ether oxygens (including phenoxy) is 1. The zero-order valence-electron chi connectivity index (χ0n) is 21.2. The number of nitrogens with zero attached hydrogens (tertiary/aromatic N) is 4. The van der Waals surface area contributed by atoms with Gasteiger partial charge in [0.25, 0.3) is 0 Å². The molecule has 0 aliphatic rings. The van der Waals surface area contributed by atoms with Crippen molar-refractivity contribution in [3.05, 3.63) is 84.8 Å². The van der Waals surface area contributed by atoms with Crippen LogP contribution in [0.3, 0.4) is 0 Å². The molecule has 0 radical (unpaired) electrons. The highest BCUT2D eigenvalue weighted by atomic mass is 32.2. The Morgan fingerprint density at radius 1 is 0.974 bits per heavy atom. The lowest BCUT2D eigenvalue weighted by molar-refractivity contribution is 0.309. The molecule has 0 saturated carbocycles. The molecule has 0 aliphatic heterocycles. The first kappa shape index (κ1) is 25.6. The third kappa shape index (κ3) is 6.64. The minimum Gasteiger partial charge on any atom is -0.494 e. The summed E-state index contributed by atoms with van der Waals surface area (Å²) in [4.78, 5) is 8.87. The van der Waals surface area contributed by atoms with E-state index in [4.69, 9.17) is 4.74 Å². The van der Waals surface area contributed by atoms with Crippen LogP contribution in [0.1, 0.15) is 12.0 Å². The minimum absolute atomic E-state index is 0.136. The first-order valence-electron chi connectivity index (χ1n) is 12.5. The smallest absolute Gasteiger partial charge is 0.148 e. The Morgan fingerprint density at radius 3 is 2.68 bits per heavy atom. The maximum Gasteiger partial charge on any atom is 0.148 e. The molecule has 0 aliphatic carbocycles. The molecule has 2 aromatic heterocycles. The van der Waals surface area contributed by atoms with Crippen LogP contribution in [0.15, 0.2) is 79.3 Å². The van der Waals surface area contributed by atoms with Crippen molar-refractivity contribution in [2.45, 2.75) is 13.0 Å². The first-order valence-corrected chi connectivity index (χ1v) is 14.5. The SMILES string of the molecule is CS(=O)(=O)CCNCCCOc1ccc2ncnc(Nc3ccc4c(cnn4Cc4ccccc4)c3)c2c1. The van der Waals surface area contributed by atoms with Crippen LogP contribution in [0.4, 0.5) is 11.5 Å². The molecule has 0 saturated heterocycles. The summed E-state index contributed by atoms with van der Waals surface area (Å²) in [7, 11) is -2.94. The van der Waals surface area contributed by atoms with E-state index in [2.05, 4.69) is 50.0 Å². The van der Waals surface area contributed by atoms with Gasteiger partial charge in [-0.15, -0.1) is 0 Å². The molecule has 0 atom stereocenters. The zero-order chi connectivity index (χ0) is 26.4.